The van der Waals surface area contributed by atoms with Gasteiger partial charge in [-0.05, 0) is 92.3 Å². The van der Waals surface area contributed by atoms with Gasteiger partial charge in [0.05, 0.1) is 25.4 Å². The smallest absolute Gasteiger partial charge is 0.305 e. The van der Waals surface area contributed by atoms with Crippen molar-refractivity contribution in [3.63, 3.8) is 0 Å². The van der Waals surface area contributed by atoms with Gasteiger partial charge in [-0.3, -0.25) is 4.79 Å². The Morgan fingerprint density at radius 2 is 1.78 bits per heavy atom. The predicted molar refractivity (Wildman–Crippen MR) is 124 cm³/mol. The molecule has 0 bridgehead atoms. The van der Waals surface area contributed by atoms with Gasteiger partial charge in [0.15, 0.2) is 0 Å². The molecule has 4 saturated carbocycles. The van der Waals surface area contributed by atoms with Crippen LogP contribution in [0.5, 0.6) is 0 Å². The minimum atomic E-state index is -0.152. The van der Waals surface area contributed by atoms with Crippen molar-refractivity contribution >= 4 is 5.97 Å². The number of hydrogen-bond acceptors (Lipinski definition) is 5. The first-order chi connectivity index (χ1) is 15.2. The summed E-state index contributed by atoms with van der Waals surface area (Å²) in [6, 6.07) is 0. The van der Waals surface area contributed by atoms with Crippen LogP contribution >= 0.6 is 0 Å². The molecule has 4 aliphatic carbocycles. The molecule has 0 aromatic carbocycles. The average molecular weight is 451 g/mol. The largest absolute Gasteiger partial charge is 0.469 e. The van der Waals surface area contributed by atoms with Crippen LogP contribution in [0.2, 0.25) is 0 Å². The number of fused-ring (bicyclic) bond motifs is 5. The van der Waals surface area contributed by atoms with Crippen molar-refractivity contribution in [3.8, 4) is 0 Å². The summed E-state index contributed by atoms with van der Waals surface area (Å²) in [6.07, 6.45) is 9.34. The first kappa shape index (κ1) is 24.5. The molecule has 4 rings (SSSR count). The second-order valence-electron chi connectivity index (χ2n) is 12.0. The molecule has 184 valence electrons. The van der Waals surface area contributed by atoms with Crippen LogP contribution in [-0.2, 0) is 19.0 Å². The van der Waals surface area contributed by atoms with Gasteiger partial charge in [0.2, 0.25) is 0 Å². The van der Waals surface area contributed by atoms with Crippen molar-refractivity contribution < 1.29 is 24.1 Å². The van der Waals surface area contributed by atoms with Crippen LogP contribution in [0.25, 0.3) is 0 Å². The fraction of sp³-hybridized carbons (Fsp3) is 0.963. The summed E-state index contributed by atoms with van der Waals surface area (Å²) in [6.45, 7) is 7.32. The molecule has 0 saturated heterocycles. The van der Waals surface area contributed by atoms with Gasteiger partial charge in [-0.2, -0.15) is 0 Å². The normalized spacial score (nSPS) is 49.0. The molecule has 0 unspecified atom stereocenters. The monoisotopic (exact) mass is 450 g/mol. The van der Waals surface area contributed by atoms with E-state index in [1.54, 1.807) is 0 Å². The molecular formula is C27H46O5. The lowest BCUT2D eigenvalue weighted by Gasteiger charge is -2.64. The van der Waals surface area contributed by atoms with Crippen molar-refractivity contribution in [2.24, 2.45) is 46.3 Å². The number of esters is 1. The van der Waals surface area contributed by atoms with Gasteiger partial charge < -0.3 is 19.3 Å². The van der Waals surface area contributed by atoms with E-state index >= 15 is 0 Å². The molecule has 4 fully saturated rings. The summed E-state index contributed by atoms with van der Waals surface area (Å²) in [4.78, 5) is 11.8. The number of aliphatic hydroxyl groups is 1. The Hall–Kier alpha value is -0.650. The Labute approximate surface area is 195 Å². The molecular weight excluding hydrogens is 404 g/mol. The third-order valence-corrected chi connectivity index (χ3v) is 11.1. The Morgan fingerprint density at radius 1 is 1.03 bits per heavy atom. The third kappa shape index (κ3) is 3.75. The predicted octanol–water partition coefficient (Wildman–Crippen LogP) is 4.85. The lowest BCUT2D eigenvalue weighted by Crippen LogP contribution is -2.63. The van der Waals surface area contributed by atoms with E-state index in [9.17, 15) is 9.90 Å². The summed E-state index contributed by atoms with van der Waals surface area (Å²) in [7, 11) is 5.28. The van der Waals surface area contributed by atoms with Crippen LogP contribution in [0.1, 0.15) is 78.6 Å². The molecule has 4 aliphatic rings. The number of carbonyl (C=O) groups excluding carboxylic acids is 1. The number of carbonyl (C=O) groups is 1. The van der Waals surface area contributed by atoms with Crippen molar-refractivity contribution in [3.05, 3.63) is 0 Å². The molecule has 0 radical (unpaired) electrons. The first-order valence-electron chi connectivity index (χ1n) is 13.0. The van der Waals surface area contributed by atoms with Gasteiger partial charge in [0, 0.05) is 26.1 Å². The number of rotatable bonds is 6. The summed E-state index contributed by atoms with van der Waals surface area (Å²) in [5.74, 6) is 3.20. The van der Waals surface area contributed by atoms with E-state index in [1.807, 2.05) is 14.2 Å². The Balaban J connectivity index is 1.64. The van der Waals surface area contributed by atoms with E-state index in [4.69, 9.17) is 14.2 Å². The summed E-state index contributed by atoms with van der Waals surface area (Å²) in [5.41, 5.74) is 0.380. The Bertz CT molecular complexity index is 681. The molecule has 32 heavy (non-hydrogen) atoms. The number of aliphatic hydroxyl groups excluding tert-OH is 1. The van der Waals surface area contributed by atoms with Crippen molar-refractivity contribution in [1.29, 1.82) is 0 Å². The van der Waals surface area contributed by atoms with Crippen LogP contribution in [0.4, 0.5) is 0 Å². The van der Waals surface area contributed by atoms with Gasteiger partial charge in [0.25, 0.3) is 0 Å². The van der Waals surface area contributed by atoms with Crippen molar-refractivity contribution in [2.45, 2.75) is 96.9 Å². The molecule has 0 aromatic heterocycles. The van der Waals surface area contributed by atoms with Crippen molar-refractivity contribution in [2.75, 3.05) is 21.3 Å². The summed E-state index contributed by atoms with van der Waals surface area (Å²) >= 11 is 0. The van der Waals surface area contributed by atoms with Gasteiger partial charge in [0.1, 0.15) is 0 Å². The zero-order valence-electron chi connectivity index (χ0n) is 21.1. The lowest BCUT2D eigenvalue weighted by atomic mass is 9.43. The third-order valence-electron chi connectivity index (χ3n) is 11.1. The van der Waals surface area contributed by atoms with E-state index in [0.717, 1.165) is 38.5 Å². The zero-order chi connectivity index (χ0) is 23.3. The maximum Gasteiger partial charge on any atom is 0.305 e. The van der Waals surface area contributed by atoms with Gasteiger partial charge in [-0.25, -0.2) is 0 Å². The minimum Gasteiger partial charge on any atom is -0.469 e. The quantitative estimate of drug-likeness (QED) is 0.586. The molecule has 5 heteroatoms. The maximum absolute atomic E-state index is 11.8. The SMILES string of the molecule is COC(=O)CC[C@@H](C)[C@H]1CC[C@H]2[C@@H]3[C@H](OC)C[C@@H]4C[C@H](O)CC[C@]4(C)[C@H]3C[C@H](OC)[C@]12C. The molecule has 11 atom stereocenters. The van der Waals surface area contributed by atoms with E-state index in [-0.39, 0.29) is 35.1 Å². The topological polar surface area (TPSA) is 65.0 Å². The van der Waals surface area contributed by atoms with Gasteiger partial charge in [-0.1, -0.05) is 20.8 Å². The Kier molecular flexibility index (Phi) is 7.03. The molecule has 0 spiro atoms. The lowest BCUT2D eigenvalue weighted by molar-refractivity contribution is -0.217. The van der Waals surface area contributed by atoms with Gasteiger partial charge in [-0.15, -0.1) is 0 Å². The summed E-state index contributed by atoms with van der Waals surface area (Å²) < 4.78 is 17.4. The zero-order valence-corrected chi connectivity index (χ0v) is 21.1. The number of ether oxygens (including phenoxy) is 3. The fourth-order valence-electron chi connectivity index (χ4n) is 9.33. The average Bonchev–Trinajstić information content (AvgIpc) is 3.14. The second kappa shape index (κ2) is 9.19. The summed E-state index contributed by atoms with van der Waals surface area (Å²) in [5, 5.41) is 10.4. The molecule has 1 N–H and O–H groups in total. The van der Waals surface area contributed by atoms with Crippen LogP contribution in [0, 0.1) is 46.3 Å². The molecule has 0 aromatic rings. The minimum absolute atomic E-state index is 0.103. The fourth-order valence-corrected chi connectivity index (χ4v) is 9.33. The van der Waals surface area contributed by atoms with E-state index in [0.29, 0.717) is 41.9 Å². The van der Waals surface area contributed by atoms with Gasteiger partial charge >= 0.3 is 5.97 Å². The van der Waals surface area contributed by atoms with Crippen LogP contribution in [-0.4, -0.2) is 50.7 Å². The number of methoxy groups -OCH3 is 3. The maximum atomic E-state index is 11.8. The molecule has 0 amide bonds. The van der Waals surface area contributed by atoms with Crippen LogP contribution < -0.4 is 0 Å². The Morgan fingerprint density at radius 3 is 2.44 bits per heavy atom. The molecule has 0 aliphatic heterocycles. The first-order valence-corrected chi connectivity index (χ1v) is 13.0. The highest BCUT2D eigenvalue weighted by molar-refractivity contribution is 5.69. The standard InChI is InChI=1S/C27H46O5/c1-16(7-10-24(29)32-6)19-8-9-20-25-21(15-23(31-5)27(19,20)3)26(2)12-11-18(28)13-17(26)14-22(25)30-4/h16-23,25,28H,7-15H2,1-6H3/t16-,17+,18-,19-,20+,21+,22-,23+,25+,26+,27-/m1/s1. The molecule has 5 nitrogen and oxygen atoms in total. The number of hydrogen-bond donors (Lipinski definition) is 1. The van der Waals surface area contributed by atoms with E-state index in [1.165, 1.54) is 20.0 Å². The molecule has 0 heterocycles. The highest BCUT2D eigenvalue weighted by atomic mass is 16.5. The van der Waals surface area contributed by atoms with Crippen molar-refractivity contribution in [1.82, 2.24) is 0 Å². The van der Waals surface area contributed by atoms with Crippen LogP contribution in [0.3, 0.4) is 0 Å². The second-order valence-corrected chi connectivity index (χ2v) is 12.0. The van der Waals surface area contributed by atoms with Crippen LogP contribution in [0.15, 0.2) is 0 Å². The van der Waals surface area contributed by atoms with E-state index in [2.05, 4.69) is 20.8 Å². The highest BCUT2D eigenvalue weighted by Crippen LogP contribution is 2.69. The van der Waals surface area contributed by atoms with E-state index < -0.39 is 0 Å². The highest BCUT2D eigenvalue weighted by Gasteiger charge is 2.66.